The minimum Gasteiger partial charge on any atom is -0.465 e. The number of Topliss-reactive ketones (excluding diaryl/α,β-unsaturated/α-hetero) is 2. The molecule has 1 aliphatic rings. The van der Waals surface area contributed by atoms with Crippen LogP contribution < -0.4 is 0 Å². The largest absolute Gasteiger partial charge is 0.465 e. The number of amides is 1. The maximum absolute atomic E-state index is 11.7. The summed E-state index contributed by atoms with van der Waals surface area (Å²) in [6.07, 6.45) is -0.333. The van der Waals surface area contributed by atoms with E-state index in [1.807, 2.05) is 0 Å². The van der Waals surface area contributed by atoms with Gasteiger partial charge in [-0.15, -0.1) is 0 Å². The molecule has 0 spiro atoms. The SMILES string of the molecule is CC(=O)C(=C=O)C(=O)C1CCCN1C(=O)O. The lowest BCUT2D eigenvalue weighted by Gasteiger charge is -2.19. The highest BCUT2D eigenvalue weighted by Crippen LogP contribution is 2.20. The molecular formula is C10H11NO5. The van der Waals surface area contributed by atoms with Crippen molar-refractivity contribution in [2.75, 3.05) is 6.54 Å². The van der Waals surface area contributed by atoms with Gasteiger partial charge in [-0.25, -0.2) is 9.59 Å². The lowest BCUT2D eigenvalue weighted by molar-refractivity contribution is -0.122. The molecule has 6 heteroatoms. The maximum Gasteiger partial charge on any atom is 0.407 e. The molecular weight excluding hydrogens is 214 g/mol. The highest BCUT2D eigenvalue weighted by molar-refractivity contribution is 6.26. The van der Waals surface area contributed by atoms with Gasteiger partial charge in [-0.3, -0.25) is 14.5 Å². The van der Waals surface area contributed by atoms with Crippen LogP contribution in [0.3, 0.4) is 0 Å². The standard InChI is InChI=1S/C10H11NO5/c1-6(13)7(5-12)9(14)8-3-2-4-11(8)10(15)16/h8H,2-4H2,1H3,(H,15,16). The van der Waals surface area contributed by atoms with E-state index in [0.29, 0.717) is 12.8 Å². The Morgan fingerprint density at radius 3 is 2.44 bits per heavy atom. The fourth-order valence-corrected chi connectivity index (χ4v) is 1.73. The van der Waals surface area contributed by atoms with Gasteiger partial charge in [-0.2, -0.15) is 0 Å². The van der Waals surface area contributed by atoms with Crippen LogP contribution in [0.1, 0.15) is 19.8 Å². The summed E-state index contributed by atoms with van der Waals surface area (Å²) in [5, 5.41) is 8.81. The van der Waals surface area contributed by atoms with Crippen LogP contribution in [0.2, 0.25) is 0 Å². The average Bonchev–Trinajstić information content (AvgIpc) is 2.65. The summed E-state index contributed by atoms with van der Waals surface area (Å²) in [5.74, 6) is -0.145. The number of ketones is 2. The van der Waals surface area contributed by atoms with E-state index in [9.17, 15) is 19.2 Å². The zero-order valence-corrected chi connectivity index (χ0v) is 8.73. The van der Waals surface area contributed by atoms with Crippen LogP contribution in [0.5, 0.6) is 0 Å². The summed E-state index contributed by atoms with van der Waals surface area (Å²) in [7, 11) is 0. The summed E-state index contributed by atoms with van der Waals surface area (Å²) < 4.78 is 0. The van der Waals surface area contributed by atoms with Crippen molar-refractivity contribution in [3.05, 3.63) is 5.57 Å². The van der Waals surface area contributed by atoms with Crippen molar-refractivity contribution in [2.24, 2.45) is 0 Å². The minimum atomic E-state index is -1.22. The predicted molar refractivity (Wildman–Crippen MR) is 52.6 cm³/mol. The van der Waals surface area contributed by atoms with Crippen molar-refractivity contribution in [3.8, 4) is 0 Å². The number of likely N-dealkylation sites (tertiary alicyclic amines) is 1. The van der Waals surface area contributed by atoms with Gasteiger partial charge in [0.2, 0.25) is 0 Å². The molecule has 1 rings (SSSR count). The van der Waals surface area contributed by atoms with Gasteiger partial charge in [0.1, 0.15) is 11.5 Å². The van der Waals surface area contributed by atoms with Crippen LogP contribution in [-0.2, 0) is 14.4 Å². The number of carbonyl (C=O) groups excluding carboxylic acids is 3. The third kappa shape index (κ3) is 2.17. The third-order valence-electron chi connectivity index (χ3n) is 2.50. The Morgan fingerprint density at radius 1 is 1.38 bits per heavy atom. The lowest BCUT2D eigenvalue weighted by Crippen LogP contribution is -2.41. The molecule has 0 bridgehead atoms. The van der Waals surface area contributed by atoms with Gasteiger partial charge in [-0.1, -0.05) is 0 Å². The second kappa shape index (κ2) is 4.72. The highest BCUT2D eigenvalue weighted by atomic mass is 16.4. The molecule has 1 saturated heterocycles. The molecule has 1 N–H and O–H groups in total. The van der Waals surface area contributed by atoms with Gasteiger partial charge in [-0.05, 0) is 12.8 Å². The number of carbonyl (C=O) groups is 3. The zero-order valence-electron chi connectivity index (χ0n) is 8.73. The van der Waals surface area contributed by atoms with Crippen molar-refractivity contribution in [1.82, 2.24) is 4.90 Å². The van der Waals surface area contributed by atoms with Crippen LogP contribution in [0.4, 0.5) is 4.79 Å². The molecule has 86 valence electrons. The Hall–Kier alpha value is -1.94. The molecule has 0 aliphatic carbocycles. The molecule has 0 aromatic rings. The topological polar surface area (TPSA) is 91.8 Å². The van der Waals surface area contributed by atoms with Crippen LogP contribution >= 0.6 is 0 Å². The molecule has 1 amide bonds. The molecule has 1 heterocycles. The van der Waals surface area contributed by atoms with Crippen molar-refractivity contribution < 1.29 is 24.3 Å². The van der Waals surface area contributed by atoms with E-state index in [1.165, 1.54) is 5.94 Å². The smallest absolute Gasteiger partial charge is 0.407 e. The summed E-state index contributed by atoms with van der Waals surface area (Å²) >= 11 is 0. The van der Waals surface area contributed by atoms with Gasteiger partial charge in [0.15, 0.2) is 11.6 Å². The van der Waals surface area contributed by atoms with Crippen molar-refractivity contribution >= 4 is 23.6 Å². The van der Waals surface area contributed by atoms with E-state index in [0.717, 1.165) is 11.8 Å². The van der Waals surface area contributed by atoms with E-state index in [-0.39, 0.29) is 6.54 Å². The monoisotopic (exact) mass is 225 g/mol. The molecule has 1 fully saturated rings. The zero-order chi connectivity index (χ0) is 12.3. The van der Waals surface area contributed by atoms with Crippen LogP contribution in [0.15, 0.2) is 5.57 Å². The first kappa shape index (κ1) is 12.1. The Labute approximate surface area is 91.5 Å². The highest BCUT2D eigenvalue weighted by Gasteiger charge is 2.36. The first-order valence-electron chi connectivity index (χ1n) is 4.79. The van der Waals surface area contributed by atoms with Crippen LogP contribution in [-0.4, -0.2) is 46.2 Å². The predicted octanol–water partition coefficient (Wildman–Crippen LogP) is 0.0449. The molecule has 0 aromatic heterocycles. The van der Waals surface area contributed by atoms with E-state index < -0.39 is 29.3 Å². The quantitative estimate of drug-likeness (QED) is 0.317. The summed E-state index contributed by atoms with van der Waals surface area (Å²) in [4.78, 5) is 44.8. The van der Waals surface area contributed by atoms with Gasteiger partial charge in [0.05, 0.1) is 6.04 Å². The van der Waals surface area contributed by atoms with Crippen molar-refractivity contribution in [1.29, 1.82) is 0 Å². The summed E-state index contributed by atoms with van der Waals surface area (Å²) in [6.45, 7) is 1.33. The first-order chi connectivity index (χ1) is 7.49. The number of carboxylic acid groups (broad SMARTS) is 1. The van der Waals surface area contributed by atoms with Gasteiger partial charge < -0.3 is 5.11 Å². The summed E-state index contributed by atoms with van der Waals surface area (Å²) in [5.41, 5.74) is -0.585. The number of hydrogen-bond donors (Lipinski definition) is 1. The second-order valence-corrected chi connectivity index (χ2v) is 3.53. The Balaban J connectivity index is 2.93. The van der Waals surface area contributed by atoms with E-state index in [1.54, 1.807) is 0 Å². The Morgan fingerprint density at radius 2 is 2.00 bits per heavy atom. The van der Waals surface area contributed by atoms with Crippen LogP contribution in [0, 0.1) is 0 Å². The van der Waals surface area contributed by atoms with E-state index in [2.05, 4.69) is 0 Å². The second-order valence-electron chi connectivity index (χ2n) is 3.53. The molecule has 16 heavy (non-hydrogen) atoms. The average molecular weight is 225 g/mol. The fraction of sp³-hybridized carbons (Fsp3) is 0.500. The molecule has 0 radical (unpaired) electrons. The molecule has 1 atom stereocenters. The minimum absolute atomic E-state index is 0.246. The normalized spacial score (nSPS) is 19.1. The lowest BCUT2D eigenvalue weighted by atomic mass is 10.0. The Kier molecular flexibility index (Phi) is 3.58. The van der Waals surface area contributed by atoms with Crippen molar-refractivity contribution in [3.63, 3.8) is 0 Å². The molecule has 6 nitrogen and oxygen atoms in total. The first-order valence-corrected chi connectivity index (χ1v) is 4.79. The Bertz CT molecular complexity index is 394. The molecule has 0 saturated carbocycles. The maximum atomic E-state index is 11.7. The van der Waals surface area contributed by atoms with E-state index in [4.69, 9.17) is 5.11 Å². The van der Waals surface area contributed by atoms with Crippen molar-refractivity contribution in [2.45, 2.75) is 25.8 Å². The van der Waals surface area contributed by atoms with E-state index >= 15 is 0 Å². The number of hydrogen-bond acceptors (Lipinski definition) is 4. The number of rotatable bonds is 3. The fourth-order valence-electron chi connectivity index (χ4n) is 1.73. The third-order valence-corrected chi connectivity index (χ3v) is 2.50. The van der Waals surface area contributed by atoms with Gasteiger partial charge in [0.25, 0.3) is 0 Å². The number of nitrogens with zero attached hydrogens (tertiary/aromatic N) is 1. The molecule has 0 aromatic carbocycles. The molecule has 1 unspecified atom stereocenters. The van der Waals surface area contributed by atoms with Gasteiger partial charge >= 0.3 is 6.09 Å². The summed E-state index contributed by atoms with van der Waals surface area (Å²) in [6, 6.07) is -0.919. The van der Waals surface area contributed by atoms with Gasteiger partial charge in [0, 0.05) is 13.5 Å². The molecule has 1 aliphatic heterocycles. The van der Waals surface area contributed by atoms with Crippen LogP contribution in [0.25, 0.3) is 0 Å².